The summed E-state index contributed by atoms with van der Waals surface area (Å²) < 4.78 is 10.4. The third-order valence-electron chi connectivity index (χ3n) is 3.09. The molecule has 1 saturated heterocycles. The van der Waals surface area contributed by atoms with E-state index in [2.05, 4.69) is 0 Å². The molecule has 0 aromatic heterocycles. The van der Waals surface area contributed by atoms with Crippen LogP contribution in [0.5, 0.6) is 5.75 Å². The Hall–Kier alpha value is -2.08. The molecule has 0 saturated carbocycles. The van der Waals surface area contributed by atoms with Gasteiger partial charge in [0, 0.05) is 12.1 Å². The number of aliphatic carboxylic acids is 1. The van der Waals surface area contributed by atoms with Crippen LogP contribution in [-0.4, -0.2) is 54.3 Å². The maximum absolute atomic E-state index is 12.3. The molecule has 1 aromatic rings. The van der Waals surface area contributed by atoms with Crippen molar-refractivity contribution in [3.8, 4) is 5.75 Å². The third-order valence-corrected chi connectivity index (χ3v) is 3.09. The van der Waals surface area contributed by atoms with E-state index < -0.39 is 12.0 Å². The van der Waals surface area contributed by atoms with Crippen LogP contribution in [0, 0.1) is 0 Å². The van der Waals surface area contributed by atoms with E-state index in [-0.39, 0.29) is 19.1 Å². The summed E-state index contributed by atoms with van der Waals surface area (Å²) in [6.45, 7) is 3.09. The van der Waals surface area contributed by atoms with Crippen molar-refractivity contribution in [1.29, 1.82) is 0 Å². The second kappa shape index (κ2) is 6.38. The van der Waals surface area contributed by atoms with E-state index in [4.69, 9.17) is 14.6 Å². The minimum atomic E-state index is -1.05. The summed E-state index contributed by atoms with van der Waals surface area (Å²) in [5.41, 5.74) is 0.446. The lowest BCUT2D eigenvalue weighted by Crippen LogP contribution is -2.52. The number of carboxylic acids is 1. The molecule has 1 fully saturated rings. The Kier molecular flexibility index (Phi) is 4.57. The predicted octanol–water partition coefficient (Wildman–Crippen LogP) is 1.01. The number of nitrogens with zero attached hydrogens (tertiary/aromatic N) is 1. The fourth-order valence-corrected chi connectivity index (χ4v) is 2.08. The summed E-state index contributed by atoms with van der Waals surface area (Å²) in [7, 11) is 0. The molecule has 20 heavy (non-hydrogen) atoms. The number of benzene rings is 1. The van der Waals surface area contributed by atoms with Gasteiger partial charge in [-0.2, -0.15) is 0 Å². The lowest BCUT2D eigenvalue weighted by atomic mass is 10.1. The van der Waals surface area contributed by atoms with E-state index in [1.165, 1.54) is 4.90 Å². The Morgan fingerprint density at radius 1 is 1.40 bits per heavy atom. The fraction of sp³-hybridized carbons (Fsp3) is 0.429. The number of rotatable bonds is 4. The summed E-state index contributed by atoms with van der Waals surface area (Å²) in [5.74, 6) is -0.673. The zero-order chi connectivity index (χ0) is 14.5. The average Bonchev–Trinajstić information content (AvgIpc) is 2.47. The highest BCUT2D eigenvalue weighted by atomic mass is 16.5. The highest BCUT2D eigenvalue weighted by molar-refractivity contribution is 5.96. The van der Waals surface area contributed by atoms with Crippen LogP contribution in [0.25, 0.3) is 0 Å². The second-order valence-corrected chi connectivity index (χ2v) is 4.38. The SMILES string of the molecule is CCOc1ccc(C(=O)N2CCOCC2C(=O)O)cc1. The van der Waals surface area contributed by atoms with Gasteiger partial charge in [-0.15, -0.1) is 0 Å². The first-order chi connectivity index (χ1) is 9.63. The highest BCUT2D eigenvalue weighted by Gasteiger charge is 2.33. The van der Waals surface area contributed by atoms with Gasteiger partial charge >= 0.3 is 5.97 Å². The molecular formula is C14H17NO5. The van der Waals surface area contributed by atoms with Crippen molar-refractivity contribution in [2.24, 2.45) is 0 Å². The molecular weight excluding hydrogens is 262 g/mol. The van der Waals surface area contributed by atoms with Gasteiger partial charge in [-0.05, 0) is 31.2 Å². The zero-order valence-corrected chi connectivity index (χ0v) is 11.2. The quantitative estimate of drug-likeness (QED) is 0.890. The molecule has 1 unspecified atom stereocenters. The second-order valence-electron chi connectivity index (χ2n) is 4.38. The molecule has 1 N–H and O–H groups in total. The van der Waals surface area contributed by atoms with Gasteiger partial charge in [0.15, 0.2) is 6.04 Å². The number of hydrogen-bond donors (Lipinski definition) is 1. The molecule has 1 amide bonds. The molecule has 0 bridgehead atoms. The van der Waals surface area contributed by atoms with Crippen molar-refractivity contribution >= 4 is 11.9 Å². The van der Waals surface area contributed by atoms with Crippen LogP contribution in [-0.2, 0) is 9.53 Å². The molecule has 0 radical (unpaired) electrons. The number of hydrogen-bond acceptors (Lipinski definition) is 4. The van der Waals surface area contributed by atoms with E-state index >= 15 is 0 Å². The Balaban J connectivity index is 2.14. The molecule has 2 rings (SSSR count). The molecule has 0 aliphatic carbocycles. The monoisotopic (exact) mass is 279 g/mol. The van der Waals surface area contributed by atoms with Crippen LogP contribution in [0.4, 0.5) is 0 Å². The maximum atomic E-state index is 12.3. The minimum Gasteiger partial charge on any atom is -0.494 e. The number of carbonyl (C=O) groups excluding carboxylic acids is 1. The first kappa shape index (κ1) is 14.3. The predicted molar refractivity (Wildman–Crippen MR) is 70.9 cm³/mol. The highest BCUT2D eigenvalue weighted by Crippen LogP contribution is 2.16. The van der Waals surface area contributed by atoms with Gasteiger partial charge in [0.1, 0.15) is 5.75 Å². The molecule has 0 spiro atoms. The zero-order valence-electron chi connectivity index (χ0n) is 11.2. The maximum Gasteiger partial charge on any atom is 0.328 e. The Bertz CT molecular complexity index is 485. The summed E-state index contributed by atoms with van der Waals surface area (Å²) in [6, 6.07) is 5.76. The van der Waals surface area contributed by atoms with Crippen molar-refractivity contribution in [2.75, 3.05) is 26.4 Å². The topological polar surface area (TPSA) is 76.1 Å². The molecule has 6 nitrogen and oxygen atoms in total. The summed E-state index contributed by atoms with van der Waals surface area (Å²) in [4.78, 5) is 24.8. The number of carboxylic acid groups (broad SMARTS) is 1. The smallest absolute Gasteiger partial charge is 0.328 e. The van der Waals surface area contributed by atoms with Gasteiger partial charge in [-0.1, -0.05) is 0 Å². The van der Waals surface area contributed by atoms with E-state index in [1.54, 1.807) is 24.3 Å². The molecule has 1 aliphatic heterocycles. The van der Waals surface area contributed by atoms with Crippen molar-refractivity contribution in [2.45, 2.75) is 13.0 Å². The van der Waals surface area contributed by atoms with Crippen LogP contribution in [0.15, 0.2) is 24.3 Å². The van der Waals surface area contributed by atoms with Gasteiger partial charge in [0.05, 0.1) is 19.8 Å². The lowest BCUT2D eigenvalue weighted by molar-refractivity contribution is -0.147. The van der Waals surface area contributed by atoms with Crippen LogP contribution in [0.1, 0.15) is 17.3 Å². The Morgan fingerprint density at radius 2 is 2.10 bits per heavy atom. The summed E-state index contributed by atoms with van der Waals surface area (Å²) in [5, 5.41) is 9.12. The largest absolute Gasteiger partial charge is 0.494 e. The van der Waals surface area contributed by atoms with Gasteiger partial charge in [-0.3, -0.25) is 4.79 Å². The molecule has 108 valence electrons. The third kappa shape index (κ3) is 3.08. The minimum absolute atomic E-state index is 0.0259. The van der Waals surface area contributed by atoms with Crippen molar-refractivity contribution in [3.05, 3.63) is 29.8 Å². The van der Waals surface area contributed by atoms with Crippen molar-refractivity contribution < 1.29 is 24.2 Å². The van der Waals surface area contributed by atoms with Gasteiger partial charge in [0.25, 0.3) is 5.91 Å². The molecule has 1 atom stereocenters. The van der Waals surface area contributed by atoms with Crippen LogP contribution < -0.4 is 4.74 Å². The molecule has 6 heteroatoms. The summed E-state index contributed by atoms with van der Waals surface area (Å²) in [6.07, 6.45) is 0. The lowest BCUT2D eigenvalue weighted by Gasteiger charge is -2.32. The Morgan fingerprint density at radius 3 is 2.70 bits per heavy atom. The Labute approximate surface area is 116 Å². The van der Waals surface area contributed by atoms with Crippen LogP contribution >= 0.6 is 0 Å². The van der Waals surface area contributed by atoms with E-state index in [9.17, 15) is 9.59 Å². The van der Waals surface area contributed by atoms with Gasteiger partial charge in [-0.25, -0.2) is 4.79 Å². The average molecular weight is 279 g/mol. The molecule has 1 aliphatic rings. The van der Waals surface area contributed by atoms with E-state index in [0.29, 0.717) is 24.5 Å². The fourth-order valence-electron chi connectivity index (χ4n) is 2.08. The number of amides is 1. The number of ether oxygens (including phenoxy) is 2. The number of morpholine rings is 1. The first-order valence-electron chi connectivity index (χ1n) is 6.48. The standard InChI is InChI=1S/C14H17NO5/c1-2-20-11-5-3-10(4-6-11)13(16)15-7-8-19-9-12(15)14(17)18/h3-6,12H,2,7-9H2,1H3,(H,17,18). The first-order valence-corrected chi connectivity index (χ1v) is 6.48. The van der Waals surface area contributed by atoms with E-state index in [0.717, 1.165) is 0 Å². The van der Waals surface area contributed by atoms with Crippen molar-refractivity contribution in [1.82, 2.24) is 4.90 Å². The number of carbonyl (C=O) groups is 2. The van der Waals surface area contributed by atoms with Crippen LogP contribution in [0.3, 0.4) is 0 Å². The van der Waals surface area contributed by atoms with Crippen LogP contribution in [0.2, 0.25) is 0 Å². The van der Waals surface area contributed by atoms with Gasteiger partial charge in [0.2, 0.25) is 0 Å². The molecule has 1 heterocycles. The van der Waals surface area contributed by atoms with Crippen molar-refractivity contribution in [3.63, 3.8) is 0 Å². The summed E-state index contributed by atoms with van der Waals surface area (Å²) >= 11 is 0. The molecule has 1 aromatic carbocycles. The van der Waals surface area contributed by atoms with E-state index in [1.807, 2.05) is 6.92 Å². The van der Waals surface area contributed by atoms with Gasteiger partial charge < -0.3 is 19.5 Å². The normalized spacial score (nSPS) is 18.6.